The molecule has 0 radical (unpaired) electrons. The van der Waals surface area contributed by atoms with E-state index in [1.165, 1.54) is 5.56 Å². The quantitative estimate of drug-likeness (QED) is 0.914. The van der Waals surface area contributed by atoms with E-state index in [2.05, 4.69) is 29.2 Å². The van der Waals surface area contributed by atoms with Crippen LogP contribution in [0.2, 0.25) is 0 Å². The van der Waals surface area contributed by atoms with Gasteiger partial charge in [0.2, 0.25) is 0 Å². The molecule has 3 heteroatoms. The van der Waals surface area contributed by atoms with Crippen molar-refractivity contribution in [3.63, 3.8) is 0 Å². The van der Waals surface area contributed by atoms with Crippen LogP contribution < -0.4 is 0 Å². The summed E-state index contributed by atoms with van der Waals surface area (Å²) in [6.07, 6.45) is 3.22. The summed E-state index contributed by atoms with van der Waals surface area (Å²) in [6.45, 7) is 1.70. The van der Waals surface area contributed by atoms with Gasteiger partial charge in [0, 0.05) is 0 Å². The van der Waals surface area contributed by atoms with Gasteiger partial charge in [0.25, 0.3) is 0 Å². The summed E-state index contributed by atoms with van der Waals surface area (Å²) in [7, 11) is 0. The molecular weight excluding hydrogens is 286 g/mol. The zero-order valence-electron chi connectivity index (χ0n) is 13.3. The summed E-state index contributed by atoms with van der Waals surface area (Å²) >= 11 is 0. The summed E-state index contributed by atoms with van der Waals surface area (Å²) < 4.78 is 0. The van der Waals surface area contributed by atoms with E-state index in [-0.39, 0.29) is 0 Å². The first-order chi connectivity index (χ1) is 11.2. The molecule has 0 bridgehead atoms. The number of carboxylic acid groups (broad SMARTS) is 1. The van der Waals surface area contributed by atoms with E-state index in [1.807, 2.05) is 36.4 Å². The maximum Gasteiger partial charge on any atom is 0.325 e. The highest BCUT2D eigenvalue weighted by atomic mass is 16.4. The topological polar surface area (TPSA) is 40.5 Å². The lowest BCUT2D eigenvalue weighted by molar-refractivity contribution is -0.144. The van der Waals surface area contributed by atoms with Crippen LogP contribution in [0.4, 0.5) is 0 Å². The number of aliphatic carboxylic acids is 1. The number of nitrogens with zero attached hydrogens (tertiary/aromatic N) is 1. The molecule has 1 atom stereocenters. The first-order valence-corrected chi connectivity index (χ1v) is 8.30. The van der Waals surface area contributed by atoms with Gasteiger partial charge in [-0.05, 0) is 49.4 Å². The summed E-state index contributed by atoms with van der Waals surface area (Å²) in [5.41, 5.74) is 2.25. The van der Waals surface area contributed by atoms with Crippen molar-refractivity contribution in [2.45, 2.75) is 25.3 Å². The lowest BCUT2D eigenvalue weighted by Crippen LogP contribution is -2.40. The Hall–Kier alpha value is -2.13. The normalized spacial score (nSPS) is 17.7. The fourth-order valence-electron chi connectivity index (χ4n) is 3.51. The number of piperidine rings is 1. The average Bonchev–Trinajstić information content (AvgIpc) is 2.58. The van der Waals surface area contributed by atoms with Crippen molar-refractivity contribution >= 4 is 5.97 Å². The van der Waals surface area contributed by atoms with Gasteiger partial charge in [0.05, 0.1) is 0 Å². The van der Waals surface area contributed by atoms with Gasteiger partial charge in [-0.2, -0.15) is 0 Å². The second-order valence-corrected chi connectivity index (χ2v) is 6.32. The van der Waals surface area contributed by atoms with Crippen molar-refractivity contribution in [2.24, 2.45) is 5.92 Å². The third kappa shape index (κ3) is 3.99. The zero-order valence-corrected chi connectivity index (χ0v) is 13.3. The monoisotopic (exact) mass is 309 g/mol. The van der Waals surface area contributed by atoms with Crippen molar-refractivity contribution in [2.75, 3.05) is 13.1 Å². The van der Waals surface area contributed by atoms with E-state index in [1.54, 1.807) is 0 Å². The van der Waals surface area contributed by atoms with E-state index in [0.717, 1.165) is 37.9 Å². The van der Waals surface area contributed by atoms with Gasteiger partial charge < -0.3 is 5.11 Å². The Labute approximate surface area is 137 Å². The molecule has 1 unspecified atom stereocenters. The maximum atomic E-state index is 11.7. The van der Waals surface area contributed by atoms with Crippen molar-refractivity contribution in [1.82, 2.24) is 4.90 Å². The van der Waals surface area contributed by atoms with Gasteiger partial charge >= 0.3 is 5.97 Å². The standard InChI is InChI=1S/C20H23NO2/c22-20(23)19(18-9-5-2-6-10-18)21-13-11-17(12-14-21)15-16-7-3-1-4-8-16/h1-10,17,19H,11-15H2,(H,22,23). The number of carbonyl (C=O) groups is 1. The molecule has 0 saturated carbocycles. The molecule has 3 nitrogen and oxygen atoms in total. The molecule has 2 aromatic rings. The minimum Gasteiger partial charge on any atom is -0.480 e. The van der Waals surface area contributed by atoms with Crippen LogP contribution in [0.15, 0.2) is 60.7 Å². The molecule has 0 aromatic heterocycles. The van der Waals surface area contributed by atoms with Gasteiger partial charge in [-0.1, -0.05) is 60.7 Å². The minimum atomic E-state index is -0.752. The molecule has 1 aliphatic rings. The number of benzene rings is 2. The SMILES string of the molecule is O=C(O)C(c1ccccc1)N1CCC(Cc2ccccc2)CC1. The van der Waals surface area contributed by atoms with Crippen LogP contribution in [0.25, 0.3) is 0 Å². The Morgan fingerprint density at radius 1 is 1.00 bits per heavy atom. The Morgan fingerprint density at radius 2 is 1.57 bits per heavy atom. The van der Waals surface area contributed by atoms with Gasteiger partial charge in [0.15, 0.2) is 0 Å². The summed E-state index contributed by atoms with van der Waals surface area (Å²) in [5, 5.41) is 9.64. The summed E-state index contributed by atoms with van der Waals surface area (Å²) in [6, 6.07) is 19.6. The Morgan fingerprint density at radius 3 is 2.13 bits per heavy atom. The van der Waals surface area contributed by atoms with Crippen LogP contribution in [0, 0.1) is 5.92 Å². The molecule has 1 heterocycles. The molecule has 1 saturated heterocycles. The molecule has 1 aliphatic heterocycles. The van der Waals surface area contributed by atoms with Crippen LogP contribution in [0.1, 0.15) is 30.0 Å². The lowest BCUT2D eigenvalue weighted by atomic mass is 9.89. The van der Waals surface area contributed by atoms with E-state index in [4.69, 9.17) is 0 Å². The summed E-state index contributed by atoms with van der Waals surface area (Å²) in [5.74, 6) is -0.100. The minimum absolute atomic E-state index is 0.520. The predicted molar refractivity (Wildman–Crippen MR) is 91.3 cm³/mol. The first kappa shape index (κ1) is 15.8. The number of rotatable bonds is 5. The van der Waals surface area contributed by atoms with Gasteiger partial charge in [-0.15, -0.1) is 0 Å². The van der Waals surface area contributed by atoms with Gasteiger partial charge in [0.1, 0.15) is 6.04 Å². The highest BCUT2D eigenvalue weighted by molar-refractivity contribution is 5.75. The Bertz CT molecular complexity index is 619. The van der Waals surface area contributed by atoms with Crippen molar-refractivity contribution < 1.29 is 9.90 Å². The Kier molecular flexibility index (Phi) is 5.09. The molecule has 0 amide bonds. The number of carboxylic acids is 1. The van der Waals surface area contributed by atoms with E-state index in [0.29, 0.717) is 5.92 Å². The maximum absolute atomic E-state index is 11.7. The average molecular weight is 309 g/mol. The fraction of sp³-hybridized carbons (Fsp3) is 0.350. The van der Waals surface area contributed by atoms with E-state index < -0.39 is 12.0 Å². The molecular formula is C20H23NO2. The molecule has 0 aliphatic carbocycles. The van der Waals surface area contributed by atoms with Crippen LogP contribution in [0.3, 0.4) is 0 Å². The molecule has 1 N–H and O–H groups in total. The van der Waals surface area contributed by atoms with E-state index >= 15 is 0 Å². The summed E-state index contributed by atoms with van der Waals surface area (Å²) in [4.78, 5) is 13.8. The molecule has 23 heavy (non-hydrogen) atoms. The van der Waals surface area contributed by atoms with Crippen molar-refractivity contribution in [3.8, 4) is 0 Å². The molecule has 0 spiro atoms. The third-order valence-electron chi connectivity index (χ3n) is 4.73. The molecule has 2 aromatic carbocycles. The first-order valence-electron chi connectivity index (χ1n) is 8.30. The number of hydrogen-bond acceptors (Lipinski definition) is 2. The van der Waals surface area contributed by atoms with Crippen LogP contribution in [-0.2, 0) is 11.2 Å². The van der Waals surface area contributed by atoms with Crippen molar-refractivity contribution in [1.29, 1.82) is 0 Å². The van der Waals surface area contributed by atoms with Crippen LogP contribution in [0.5, 0.6) is 0 Å². The highest BCUT2D eigenvalue weighted by Crippen LogP contribution is 2.28. The molecule has 3 rings (SSSR count). The van der Waals surface area contributed by atoms with Crippen molar-refractivity contribution in [3.05, 3.63) is 71.8 Å². The molecule has 1 fully saturated rings. The van der Waals surface area contributed by atoms with Gasteiger partial charge in [-0.3, -0.25) is 9.69 Å². The zero-order chi connectivity index (χ0) is 16.1. The second-order valence-electron chi connectivity index (χ2n) is 6.32. The number of likely N-dealkylation sites (tertiary alicyclic amines) is 1. The van der Waals surface area contributed by atoms with E-state index in [9.17, 15) is 9.90 Å². The smallest absolute Gasteiger partial charge is 0.325 e. The van der Waals surface area contributed by atoms with Crippen LogP contribution in [-0.4, -0.2) is 29.1 Å². The molecule has 120 valence electrons. The fourth-order valence-corrected chi connectivity index (χ4v) is 3.51. The lowest BCUT2D eigenvalue weighted by Gasteiger charge is -2.36. The highest BCUT2D eigenvalue weighted by Gasteiger charge is 2.30. The third-order valence-corrected chi connectivity index (χ3v) is 4.73. The Balaban J connectivity index is 1.62. The van der Waals surface area contributed by atoms with Crippen LogP contribution >= 0.6 is 0 Å². The van der Waals surface area contributed by atoms with Gasteiger partial charge in [-0.25, -0.2) is 0 Å². The largest absolute Gasteiger partial charge is 0.480 e. The second kappa shape index (κ2) is 7.42. The predicted octanol–water partition coefficient (Wildman–Crippen LogP) is 3.77. The number of hydrogen-bond donors (Lipinski definition) is 1.